The number of aliphatic hydroxyl groups is 4. The minimum absolute atomic E-state index is 0.142. The highest BCUT2D eigenvalue weighted by Gasteiger charge is 2.35. The highest BCUT2D eigenvalue weighted by Crippen LogP contribution is 2.25. The minimum atomic E-state index is -1.21. The first-order valence-corrected chi connectivity index (χ1v) is 4.34. The van der Waals surface area contributed by atoms with E-state index in [1.54, 1.807) is 0 Å². The fourth-order valence-corrected chi connectivity index (χ4v) is 1.66. The number of rotatable bonds is 1. The molecule has 0 bridgehead atoms. The SMILES string of the molecule is OCc1cnc2n1C[C@H](O)[C@H](O)[C@H]2O. The Labute approximate surface area is 80.1 Å². The molecule has 1 aliphatic rings. The number of imidazole rings is 1. The third-order valence-electron chi connectivity index (χ3n) is 2.48. The van der Waals surface area contributed by atoms with Crippen molar-refractivity contribution < 1.29 is 20.4 Å². The summed E-state index contributed by atoms with van der Waals surface area (Å²) in [6, 6.07) is 0. The zero-order chi connectivity index (χ0) is 10.3. The number of hydrogen-bond donors (Lipinski definition) is 4. The standard InChI is InChI=1S/C8H12N2O4/c11-3-4-1-9-8-7(14)6(13)5(12)2-10(4)8/h1,5-7,11-14H,2-3H2/t5-,6-,7+/m0/s1. The highest BCUT2D eigenvalue weighted by atomic mass is 16.4. The zero-order valence-electron chi connectivity index (χ0n) is 7.41. The van der Waals surface area contributed by atoms with E-state index in [-0.39, 0.29) is 19.0 Å². The highest BCUT2D eigenvalue weighted by molar-refractivity contribution is 5.11. The van der Waals surface area contributed by atoms with Crippen LogP contribution in [0.3, 0.4) is 0 Å². The second-order valence-corrected chi connectivity index (χ2v) is 3.38. The molecule has 3 atom stereocenters. The predicted octanol–water partition coefficient (Wildman–Crippen LogP) is -1.86. The van der Waals surface area contributed by atoms with Crippen LogP contribution < -0.4 is 0 Å². The van der Waals surface area contributed by atoms with E-state index in [0.29, 0.717) is 5.69 Å². The number of nitrogens with zero attached hydrogens (tertiary/aromatic N) is 2. The van der Waals surface area contributed by atoms with Gasteiger partial charge in [0.2, 0.25) is 0 Å². The molecule has 0 amide bonds. The molecule has 0 aromatic carbocycles. The molecular weight excluding hydrogens is 188 g/mol. The molecule has 14 heavy (non-hydrogen) atoms. The molecule has 0 fully saturated rings. The zero-order valence-corrected chi connectivity index (χ0v) is 7.41. The van der Waals surface area contributed by atoms with Gasteiger partial charge in [0.15, 0.2) is 0 Å². The van der Waals surface area contributed by atoms with E-state index < -0.39 is 18.3 Å². The van der Waals surface area contributed by atoms with Crippen molar-refractivity contribution in [3.05, 3.63) is 17.7 Å². The lowest BCUT2D eigenvalue weighted by Crippen LogP contribution is -2.41. The van der Waals surface area contributed by atoms with E-state index in [1.165, 1.54) is 10.8 Å². The summed E-state index contributed by atoms with van der Waals surface area (Å²) < 4.78 is 1.52. The molecule has 78 valence electrons. The van der Waals surface area contributed by atoms with Crippen LogP contribution in [-0.2, 0) is 13.2 Å². The van der Waals surface area contributed by atoms with Gasteiger partial charge in [0, 0.05) is 0 Å². The quantitative estimate of drug-likeness (QED) is 0.426. The average Bonchev–Trinajstić information content (AvgIpc) is 2.57. The van der Waals surface area contributed by atoms with Crippen LogP contribution in [0.2, 0.25) is 0 Å². The third-order valence-corrected chi connectivity index (χ3v) is 2.48. The van der Waals surface area contributed by atoms with Gasteiger partial charge in [-0.25, -0.2) is 4.98 Å². The van der Waals surface area contributed by atoms with Crippen molar-refractivity contribution in [3.8, 4) is 0 Å². The van der Waals surface area contributed by atoms with Crippen LogP contribution in [0.15, 0.2) is 6.20 Å². The van der Waals surface area contributed by atoms with Crippen LogP contribution >= 0.6 is 0 Å². The van der Waals surface area contributed by atoms with Gasteiger partial charge in [-0.1, -0.05) is 0 Å². The van der Waals surface area contributed by atoms with E-state index in [2.05, 4.69) is 4.98 Å². The predicted molar refractivity (Wildman–Crippen MR) is 45.1 cm³/mol. The van der Waals surface area contributed by atoms with Crippen molar-refractivity contribution in [2.75, 3.05) is 0 Å². The molecule has 0 radical (unpaired) electrons. The van der Waals surface area contributed by atoms with Gasteiger partial charge in [0.05, 0.1) is 25.0 Å². The third kappa shape index (κ3) is 1.24. The Morgan fingerprint density at radius 1 is 1.43 bits per heavy atom. The lowest BCUT2D eigenvalue weighted by Gasteiger charge is -2.29. The molecule has 6 nitrogen and oxygen atoms in total. The van der Waals surface area contributed by atoms with Crippen LogP contribution in [0.4, 0.5) is 0 Å². The Bertz CT molecular complexity index is 338. The van der Waals surface area contributed by atoms with E-state index in [0.717, 1.165) is 0 Å². The van der Waals surface area contributed by atoms with Crippen molar-refractivity contribution >= 4 is 0 Å². The maximum absolute atomic E-state index is 9.53. The first-order valence-electron chi connectivity index (χ1n) is 4.34. The lowest BCUT2D eigenvalue weighted by molar-refractivity contribution is -0.0861. The summed E-state index contributed by atoms with van der Waals surface area (Å²) in [6.45, 7) is -0.0635. The van der Waals surface area contributed by atoms with E-state index in [4.69, 9.17) is 5.11 Å². The van der Waals surface area contributed by atoms with Gasteiger partial charge in [-0.3, -0.25) is 0 Å². The van der Waals surface area contributed by atoms with Crippen molar-refractivity contribution in [2.24, 2.45) is 0 Å². The Kier molecular flexibility index (Phi) is 2.28. The number of fused-ring (bicyclic) bond motifs is 1. The first-order chi connectivity index (χ1) is 6.65. The van der Waals surface area contributed by atoms with Crippen LogP contribution in [0.25, 0.3) is 0 Å². The second kappa shape index (κ2) is 3.32. The Morgan fingerprint density at radius 3 is 2.79 bits per heavy atom. The summed E-state index contributed by atoms with van der Waals surface area (Å²) in [6.07, 6.45) is -2.02. The molecule has 1 aromatic rings. The fourth-order valence-electron chi connectivity index (χ4n) is 1.66. The molecule has 0 aliphatic carbocycles. The molecule has 1 aliphatic heterocycles. The summed E-state index contributed by atoms with van der Waals surface area (Å²) in [5.74, 6) is 0.284. The molecule has 2 rings (SSSR count). The molecule has 0 spiro atoms. The maximum Gasteiger partial charge on any atom is 0.140 e. The summed E-state index contributed by atoms with van der Waals surface area (Å²) in [4.78, 5) is 3.88. The summed E-state index contributed by atoms with van der Waals surface area (Å²) in [7, 11) is 0. The summed E-state index contributed by atoms with van der Waals surface area (Å²) in [5, 5.41) is 37.2. The largest absolute Gasteiger partial charge is 0.390 e. The number of aliphatic hydroxyl groups excluding tert-OH is 4. The first kappa shape index (κ1) is 9.60. The van der Waals surface area contributed by atoms with Gasteiger partial charge < -0.3 is 25.0 Å². The number of hydrogen-bond acceptors (Lipinski definition) is 5. The van der Waals surface area contributed by atoms with Gasteiger partial charge in [-0.05, 0) is 0 Å². The fraction of sp³-hybridized carbons (Fsp3) is 0.625. The Balaban J connectivity index is 2.42. The lowest BCUT2D eigenvalue weighted by atomic mass is 10.0. The van der Waals surface area contributed by atoms with Crippen molar-refractivity contribution in [3.63, 3.8) is 0 Å². The van der Waals surface area contributed by atoms with Crippen LogP contribution in [0.5, 0.6) is 0 Å². The molecule has 0 saturated heterocycles. The van der Waals surface area contributed by atoms with Gasteiger partial charge in [0.1, 0.15) is 24.1 Å². The topological polar surface area (TPSA) is 98.7 Å². The van der Waals surface area contributed by atoms with Gasteiger partial charge >= 0.3 is 0 Å². The Morgan fingerprint density at radius 2 is 2.14 bits per heavy atom. The summed E-state index contributed by atoms with van der Waals surface area (Å²) in [5.41, 5.74) is 0.519. The molecule has 2 heterocycles. The monoisotopic (exact) mass is 200 g/mol. The van der Waals surface area contributed by atoms with Crippen molar-refractivity contribution in [1.82, 2.24) is 9.55 Å². The molecule has 0 unspecified atom stereocenters. The van der Waals surface area contributed by atoms with Crippen molar-refractivity contribution in [2.45, 2.75) is 31.5 Å². The smallest absolute Gasteiger partial charge is 0.140 e. The molecule has 4 N–H and O–H groups in total. The van der Waals surface area contributed by atoms with Gasteiger partial charge in [-0.15, -0.1) is 0 Å². The molecule has 1 aromatic heterocycles. The normalized spacial score (nSPS) is 31.6. The second-order valence-electron chi connectivity index (χ2n) is 3.38. The maximum atomic E-state index is 9.53. The minimum Gasteiger partial charge on any atom is -0.390 e. The van der Waals surface area contributed by atoms with Crippen LogP contribution in [0.1, 0.15) is 17.6 Å². The molecule has 6 heteroatoms. The average molecular weight is 200 g/mol. The van der Waals surface area contributed by atoms with Crippen LogP contribution in [-0.4, -0.2) is 42.2 Å². The van der Waals surface area contributed by atoms with Gasteiger partial charge in [0.25, 0.3) is 0 Å². The van der Waals surface area contributed by atoms with E-state index >= 15 is 0 Å². The molecular formula is C8H12N2O4. The van der Waals surface area contributed by atoms with Crippen molar-refractivity contribution in [1.29, 1.82) is 0 Å². The number of aromatic nitrogens is 2. The van der Waals surface area contributed by atoms with E-state index in [9.17, 15) is 15.3 Å². The molecule has 0 saturated carbocycles. The Hall–Kier alpha value is -0.950. The van der Waals surface area contributed by atoms with Gasteiger partial charge in [-0.2, -0.15) is 0 Å². The summed E-state index contributed by atoms with van der Waals surface area (Å²) >= 11 is 0. The van der Waals surface area contributed by atoms with E-state index in [1.807, 2.05) is 0 Å². The van der Waals surface area contributed by atoms with Crippen LogP contribution in [0, 0.1) is 0 Å².